The van der Waals surface area contributed by atoms with Gasteiger partial charge in [0.05, 0.1) is 7.11 Å². The van der Waals surface area contributed by atoms with Crippen molar-refractivity contribution in [2.24, 2.45) is 0 Å². The summed E-state index contributed by atoms with van der Waals surface area (Å²) in [4.78, 5) is 10.5. The summed E-state index contributed by atoms with van der Waals surface area (Å²) in [5.74, 6) is -1.94. The van der Waals surface area contributed by atoms with Crippen LogP contribution in [0.1, 0.15) is 11.7 Å². The highest BCUT2D eigenvalue weighted by molar-refractivity contribution is 9.10. The molecule has 1 aromatic rings. The number of aliphatic carboxylic acids is 1. The van der Waals surface area contributed by atoms with Gasteiger partial charge in [0.25, 0.3) is 0 Å². The van der Waals surface area contributed by atoms with Crippen LogP contribution in [0.25, 0.3) is 0 Å². The first-order valence-electron chi connectivity index (χ1n) is 4.53. The van der Waals surface area contributed by atoms with E-state index in [1.807, 2.05) is 0 Å². The molecule has 2 atom stereocenters. The van der Waals surface area contributed by atoms with E-state index in [9.17, 15) is 20.1 Å². The van der Waals surface area contributed by atoms with Gasteiger partial charge in [-0.25, -0.2) is 4.79 Å². The van der Waals surface area contributed by atoms with Gasteiger partial charge in [0, 0.05) is 10.0 Å². The van der Waals surface area contributed by atoms with Gasteiger partial charge in [-0.15, -0.1) is 0 Å². The summed E-state index contributed by atoms with van der Waals surface area (Å²) in [6.07, 6.45) is -3.78. The maximum absolute atomic E-state index is 10.5. The molecule has 0 aromatic heterocycles. The molecule has 0 aliphatic carbocycles. The molecule has 94 valence electrons. The van der Waals surface area contributed by atoms with E-state index in [4.69, 9.17) is 9.84 Å². The standard InChI is InChI=1S/C10H11BrO6/c1-17-6-3-4(11)2-5(7(6)12)8(13)9(14)10(15)16/h2-3,8-9,12-14H,1H3,(H,15,16). The number of aromatic hydroxyl groups is 1. The first kappa shape index (κ1) is 13.8. The monoisotopic (exact) mass is 306 g/mol. The predicted octanol–water partition coefficient (Wildman–Crippen LogP) is 0.642. The second-order valence-electron chi connectivity index (χ2n) is 3.27. The SMILES string of the molecule is COc1cc(Br)cc(C(O)C(O)C(=O)O)c1O. The highest BCUT2D eigenvalue weighted by Crippen LogP contribution is 2.37. The molecular weight excluding hydrogens is 296 g/mol. The number of carboxylic acids is 1. The first-order chi connectivity index (χ1) is 7.88. The van der Waals surface area contributed by atoms with Crippen molar-refractivity contribution < 1.29 is 30.0 Å². The maximum Gasteiger partial charge on any atom is 0.335 e. The fourth-order valence-electron chi connectivity index (χ4n) is 1.28. The lowest BCUT2D eigenvalue weighted by atomic mass is 10.0. The molecule has 0 amide bonds. The number of hydrogen-bond acceptors (Lipinski definition) is 5. The van der Waals surface area contributed by atoms with Crippen molar-refractivity contribution in [1.82, 2.24) is 0 Å². The van der Waals surface area contributed by atoms with E-state index in [2.05, 4.69) is 15.9 Å². The number of rotatable bonds is 4. The summed E-state index contributed by atoms with van der Waals surface area (Å²) in [7, 11) is 1.31. The smallest absolute Gasteiger partial charge is 0.335 e. The third-order valence-electron chi connectivity index (χ3n) is 2.16. The zero-order valence-electron chi connectivity index (χ0n) is 8.79. The second kappa shape index (κ2) is 5.35. The number of phenols is 1. The van der Waals surface area contributed by atoms with Crippen LogP contribution >= 0.6 is 15.9 Å². The van der Waals surface area contributed by atoms with Gasteiger partial charge in [0.2, 0.25) is 0 Å². The van der Waals surface area contributed by atoms with Crippen LogP contribution in [0.2, 0.25) is 0 Å². The van der Waals surface area contributed by atoms with Gasteiger partial charge in [-0.1, -0.05) is 15.9 Å². The van der Waals surface area contributed by atoms with Crippen LogP contribution in [0.5, 0.6) is 11.5 Å². The van der Waals surface area contributed by atoms with Gasteiger partial charge in [0.15, 0.2) is 17.6 Å². The minimum atomic E-state index is -2.03. The van der Waals surface area contributed by atoms with Gasteiger partial charge >= 0.3 is 5.97 Å². The van der Waals surface area contributed by atoms with Crippen molar-refractivity contribution in [1.29, 1.82) is 0 Å². The molecule has 1 rings (SSSR count). The van der Waals surface area contributed by atoms with Crippen LogP contribution in [0.15, 0.2) is 16.6 Å². The topological polar surface area (TPSA) is 107 Å². The third kappa shape index (κ3) is 2.87. The Balaban J connectivity index is 3.21. The zero-order valence-corrected chi connectivity index (χ0v) is 10.4. The van der Waals surface area contributed by atoms with Gasteiger partial charge < -0.3 is 25.2 Å². The predicted molar refractivity (Wildman–Crippen MR) is 61.0 cm³/mol. The number of halogens is 1. The van der Waals surface area contributed by atoms with Crippen molar-refractivity contribution in [2.75, 3.05) is 7.11 Å². The maximum atomic E-state index is 10.5. The number of hydrogen-bond donors (Lipinski definition) is 4. The van der Waals surface area contributed by atoms with Crippen LogP contribution in [0.3, 0.4) is 0 Å². The Morgan fingerprint density at radius 2 is 2.00 bits per heavy atom. The first-order valence-corrected chi connectivity index (χ1v) is 5.33. The molecule has 0 saturated carbocycles. The van der Waals surface area contributed by atoms with Gasteiger partial charge in [-0.2, -0.15) is 0 Å². The molecule has 4 N–H and O–H groups in total. The number of aliphatic hydroxyl groups is 2. The van der Waals surface area contributed by atoms with Crippen molar-refractivity contribution in [3.8, 4) is 11.5 Å². The molecule has 0 heterocycles. The lowest BCUT2D eigenvalue weighted by Crippen LogP contribution is -2.27. The Morgan fingerprint density at radius 1 is 1.41 bits per heavy atom. The Morgan fingerprint density at radius 3 is 2.47 bits per heavy atom. The fraction of sp³-hybridized carbons (Fsp3) is 0.300. The molecule has 0 aliphatic rings. The molecule has 1 aromatic carbocycles. The van der Waals surface area contributed by atoms with Gasteiger partial charge in [-0.05, 0) is 12.1 Å². The second-order valence-corrected chi connectivity index (χ2v) is 4.19. The molecule has 0 spiro atoms. The number of aliphatic hydroxyl groups excluding tert-OH is 2. The Labute approximate surface area is 105 Å². The molecule has 0 radical (unpaired) electrons. The third-order valence-corrected chi connectivity index (χ3v) is 2.62. The summed E-state index contributed by atoms with van der Waals surface area (Å²) in [5, 5.41) is 37.1. The highest BCUT2D eigenvalue weighted by Gasteiger charge is 2.28. The minimum absolute atomic E-state index is 0.0611. The van der Waals surface area contributed by atoms with E-state index in [1.165, 1.54) is 19.2 Å². The molecule has 0 bridgehead atoms. The van der Waals surface area contributed by atoms with E-state index in [0.717, 1.165) is 0 Å². The lowest BCUT2D eigenvalue weighted by molar-refractivity contribution is -0.153. The average Bonchev–Trinajstić information content (AvgIpc) is 2.29. The Kier molecular flexibility index (Phi) is 4.33. The summed E-state index contributed by atoms with van der Waals surface area (Å²) in [5.41, 5.74) is -0.133. The van der Waals surface area contributed by atoms with Crippen LogP contribution in [-0.4, -0.2) is 39.6 Å². The fourth-order valence-corrected chi connectivity index (χ4v) is 1.74. The Hall–Kier alpha value is -1.31. The summed E-state index contributed by atoms with van der Waals surface area (Å²) in [6, 6.07) is 2.74. The van der Waals surface area contributed by atoms with E-state index in [0.29, 0.717) is 4.47 Å². The number of carboxylic acid groups (broad SMARTS) is 1. The minimum Gasteiger partial charge on any atom is -0.504 e. The van der Waals surface area contributed by atoms with E-state index in [-0.39, 0.29) is 11.3 Å². The number of phenolic OH excluding ortho intramolecular Hbond substituents is 1. The number of methoxy groups -OCH3 is 1. The van der Waals surface area contributed by atoms with Crippen LogP contribution in [0, 0.1) is 0 Å². The lowest BCUT2D eigenvalue weighted by Gasteiger charge is -2.17. The molecule has 0 aliphatic heterocycles. The van der Waals surface area contributed by atoms with Crippen LogP contribution in [0.4, 0.5) is 0 Å². The van der Waals surface area contributed by atoms with Crippen LogP contribution < -0.4 is 4.74 Å². The molecule has 7 heteroatoms. The molecule has 0 fully saturated rings. The Bertz CT molecular complexity index is 433. The summed E-state index contributed by atoms with van der Waals surface area (Å²) >= 11 is 3.11. The van der Waals surface area contributed by atoms with Crippen molar-refractivity contribution in [2.45, 2.75) is 12.2 Å². The normalized spacial score (nSPS) is 14.1. The summed E-state index contributed by atoms with van der Waals surface area (Å²) < 4.78 is 5.31. The number of ether oxygens (including phenoxy) is 1. The molecule has 2 unspecified atom stereocenters. The summed E-state index contributed by atoms with van der Waals surface area (Å²) in [6.45, 7) is 0. The molecular formula is C10H11BrO6. The van der Waals surface area contributed by atoms with E-state index < -0.39 is 23.9 Å². The van der Waals surface area contributed by atoms with E-state index >= 15 is 0 Å². The molecule has 0 saturated heterocycles. The molecule has 6 nitrogen and oxygen atoms in total. The number of benzene rings is 1. The largest absolute Gasteiger partial charge is 0.504 e. The number of carbonyl (C=O) groups is 1. The van der Waals surface area contributed by atoms with Gasteiger partial charge in [-0.3, -0.25) is 0 Å². The average molecular weight is 307 g/mol. The van der Waals surface area contributed by atoms with E-state index in [1.54, 1.807) is 0 Å². The van der Waals surface area contributed by atoms with Crippen LogP contribution in [-0.2, 0) is 4.79 Å². The van der Waals surface area contributed by atoms with Crippen molar-refractivity contribution in [3.63, 3.8) is 0 Å². The zero-order chi connectivity index (χ0) is 13.2. The van der Waals surface area contributed by atoms with Gasteiger partial charge in [0.1, 0.15) is 6.10 Å². The van der Waals surface area contributed by atoms with Crippen molar-refractivity contribution >= 4 is 21.9 Å². The molecule has 17 heavy (non-hydrogen) atoms. The quantitative estimate of drug-likeness (QED) is 0.650. The van der Waals surface area contributed by atoms with Crippen molar-refractivity contribution in [3.05, 3.63) is 22.2 Å². The highest BCUT2D eigenvalue weighted by atomic mass is 79.9.